The zero-order valence-corrected chi connectivity index (χ0v) is 8.14. The van der Waals surface area contributed by atoms with Crippen LogP contribution in [0.5, 0.6) is 0 Å². The number of rotatable bonds is 1. The molecule has 0 unspecified atom stereocenters. The fourth-order valence-electron chi connectivity index (χ4n) is 0.756. The molecule has 0 saturated carbocycles. The predicted octanol–water partition coefficient (Wildman–Crippen LogP) is 3.74. The first-order valence-electron chi connectivity index (χ1n) is 4.25. The highest BCUT2D eigenvalue weighted by Gasteiger charge is 2.01. The van der Waals surface area contributed by atoms with Gasteiger partial charge in [0.05, 0.1) is 6.26 Å². The second kappa shape index (κ2) is 5.00. The summed E-state index contributed by atoms with van der Waals surface area (Å²) in [4.78, 5) is 0. The molecule has 1 nitrogen and oxygen atoms in total. The van der Waals surface area contributed by atoms with Crippen molar-refractivity contribution in [1.29, 1.82) is 0 Å². The Hall–Kier alpha value is -0.720. The summed E-state index contributed by atoms with van der Waals surface area (Å²) in [6.07, 6.45) is 1.79. The van der Waals surface area contributed by atoms with Crippen LogP contribution in [0, 0.1) is 6.92 Å². The quantitative estimate of drug-likeness (QED) is 0.600. The summed E-state index contributed by atoms with van der Waals surface area (Å²) < 4.78 is 5.23. The highest BCUT2D eigenvalue weighted by molar-refractivity contribution is 5.12. The van der Waals surface area contributed by atoms with Gasteiger partial charge < -0.3 is 4.42 Å². The van der Waals surface area contributed by atoms with Crippen molar-refractivity contribution >= 4 is 0 Å². The molecule has 1 heterocycles. The van der Waals surface area contributed by atoms with Gasteiger partial charge in [0.15, 0.2) is 0 Å². The average molecular weight is 154 g/mol. The van der Waals surface area contributed by atoms with Crippen molar-refractivity contribution in [3.63, 3.8) is 0 Å². The summed E-state index contributed by atoms with van der Waals surface area (Å²) in [6, 6.07) is 2.07. The molecule has 0 amide bonds. The second-order valence-corrected chi connectivity index (χ2v) is 2.68. The van der Waals surface area contributed by atoms with Crippen LogP contribution in [0.25, 0.3) is 0 Å². The molecule has 0 atom stereocenters. The molecule has 11 heavy (non-hydrogen) atoms. The molecule has 0 spiro atoms. The van der Waals surface area contributed by atoms with Crippen molar-refractivity contribution in [3.05, 3.63) is 23.7 Å². The summed E-state index contributed by atoms with van der Waals surface area (Å²) >= 11 is 0. The topological polar surface area (TPSA) is 13.1 Å². The average Bonchev–Trinajstić information content (AvgIpc) is 2.40. The van der Waals surface area contributed by atoms with E-state index in [9.17, 15) is 0 Å². The van der Waals surface area contributed by atoms with E-state index < -0.39 is 0 Å². The highest BCUT2D eigenvalue weighted by Crippen LogP contribution is 2.16. The van der Waals surface area contributed by atoms with Gasteiger partial charge in [-0.15, -0.1) is 0 Å². The van der Waals surface area contributed by atoms with E-state index >= 15 is 0 Å². The third-order valence-electron chi connectivity index (χ3n) is 1.32. The van der Waals surface area contributed by atoms with E-state index in [4.69, 9.17) is 4.42 Å². The minimum Gasteiger partial charge on any atom is -0.469 e. The lowest BCUT2D eigenvalue weighted by molar-refractivity contribution is 0.486. The Kier molecular flexibility index (Phi) is 4.67. The third-order valence-corrected chi connectivity index (χ3v) is 1.32. The molecule has 0 saturated heterocycles. The number of hydrogen-bond donors (Lipinski definition) is 0. The minimum absolute atomic E-state index is 0.513. The van der Waals surface area contributed by atoms with E-state index in [0.717, 1.165) is 5.76 Å². The van der Waals surface area contributed by atoms with E-state index in [2.05, 4.69) is 19.9 Å². The van der Waals surface area contributed by atoms with Crippen LogP contribution < -0.4 is 0 Å². The van der Waals surface area contributed by atoms with Gasteiger partial charge in [-0.3, -0.25) is 0 Å². The molecule has 0 aliphatic carbocycles. The van der Waals surface area contributed by atoms with Crippen LogP contribution in [-0.4, -0.2) is 0 Å². The van der Waals surface area contributed by atoms with Crippen molar-refractivity contribution in [2.45, 2.75) is 40.5 Å². The Bertz CT molecular complexity index is 187. The van der Waals surface area contributed by atoms with Gasteiger partial charge >= 0.3 is 0 Å². The molecule has 0 aliphatic heterocycles. The molecular formula is C10H18O. The van der Waals surface area contributed by atoms with Gasteiger partial charge in [-0.05, 0) is 18.6 Å². The maximum Gasteiger partial charge on any atom is 0.106 e. The first-order valence-corrected chi connectivity index (χ1v) is 4.25. The van der Waals surface area contributed by atoms with Crippen molar-refractivity contribution in [2.24, 2.45) is 0 Å². The van der Waals surface area contributed by atoms with Crippen LogP contribution in [0.1, 0.15) is 44.9 Å². The lowest BCUT2D eigenvalue weighted by Gasteiger charge is -1.95. The minimum atomic E-state index is 0.513. The molecule has 0 aliphatic rings. The maximum absolute atomic E-state index is 5.23. The predicted molar refractivity (Wildman–Crippen MR) is 48.9 cm³/mol. The van der Waals surface area contributed by atoms with Gasteiger partial charge in [0.2, 0.25) is 0 Å². The van der Waals surface area contributed by atoms with E-state index in [1.807, 2.05) is 20.8 Å². The Morgan fingerprint density at radius 3 is 2.00 bits per heavy atom. The Morgan fingerprint density at radius 2 is 1.82 bits per heavy atom. The second-order valence-electron chi connectivity index (χ2n) is 2.68. The smallest absolute Gasteiger partial charge is 0.106 e. The Balaban J connectivity index is 0.000000461. The molecule has 64 valence electrons. The van der Waals surface area contributed by atoms with E-state index in [1.54, 1.807) is 6.26 Å². The van der Waals surface area contributed by atoms with Crippen molar-refractivity contribution < 1.29 is 4.42 Å². The van der Waals surface area contributed by atoms with Crippen molar-refractivity contribution in [3.8, 4) is 0 Å². The summed E-state index contributed by atoms with van der Waals surface area (Å²) in [5, 5.41) is 0. The summed E-state index contributed by atoms with van der Waals surface area (Å²) in [5.74, 6) is 1.59. The summed E-state index contributed by atoms with van der Waals surface area (Å²) in [5.41, 5.74) is 1.21. The van der Waals surface area contributed by atoms with Crippen LogP contribution in [0.15, 0.2) is 16.7 Å². The van der Waals surface area contributed by atoms with E-state index in [1.165, 1.54) is 5.56 Å². The zero-order valence-electron chi connectivity index (χ0n) is 8.14. The Labute approximate surface area is 69.4 Å². The molecule has 0 radical (unpaired) electrons. The molecule has 1 heteroatoms. The standard InChI is InChI=1S/C8H12O.C2H6/c1-6(2)8-4-7(3)5-9-8;1-2/h4-6H,1-3H3;1-2H3. The van der Waals surface area contributed by atoms with Gasteiger partial charge in [-0.1, -0.05) is 27.7 Å². The normalized spacial score (nSPS) is 9.27. The van der Waals surface area contributed by atoms with E-state index in [0.29, 0.717) is 5.92 Å². The van der Waals surface area contributed by atoms with Crippen LogP contribution >= 0.6 is 0 Å². The van der Waals surface area contributed by atoms with Gasteiger partial charge in [-0.2, -0.15) is 0 Å². The summed E-state index contributed by atoms with van der Waals surface area (Å²) in [7, 11) is 0. The van der Waals surface area contributed by atoms with E-state index in [-0.39, 0.29) is 0 Å². The first-order chi connectivity index (χ1) is 5.20. The van der Waals surface area contributed by atoms with Crippen molar-refractivity contribution in [1.82, 2.24) is 0 Å². The van der Waals surface area contributed by atoms with Crippen LogP contribution in [-0.2, 0) is 0 Å². The molecule has 1 aromatic heterocycles. The third kappa shape index (κ3) is 3.26. The van der Waals surface area contributed by atoms with Crippen LogP contribution in [0.2, 0.25) is 0 Å². The SMILES string of the molecule is CC.Cc1coc(C(C)C)c1. The molecule has 0 fully saturated rings. The fourth-order valence-corrected chi connectivity index (χ4v) is 0.756. The number of furan rings is 1. The van der Waals surface area contributed by atoms with Crippen LogP contribution in [0.3, 0.4) is 0 Å². The van der Waals surface area contributed by atoms with Gasteiger partial charge in [0.1, 0.15) is 5.76 Å². The van der Waals surface area contributed by atoms with Gasteiger partial charge in [-0.25, -0.2) is 0 Å². The monoisotopic (exact) mass is 154 g/mol. The first kappa shape index (κ1) is 10.3. The lowest BCUT2D eigenvalue weighted by Crippen LogP contribution is -1.79. The molecule has 0 N–H and O–H groups in total. The Morgan fingerprint density at radius 1 is 1.27 bits per heavy atom. The number of hydrogen-bond acceptors (Lipinski definition) is 1. The molecular weight excluding hydrogens is 136 g/mol. The molecule has 1 aromatic rings. The van der Waals surface area contributed by atoms with Gasteiger partial charge in [0.25, 0.3) is 0 Å². The molecule has 0 aromatic carbocycles. The lowest BCUT2D eigenvalue weighted by atomic mass is 10.1. The highest BCUT2D eigenvalue weighted by atomic mass is 16.3. The maximum atomic E-state index is 5.23. The largest absolute Gasteiger partial charge is 0.469 e. The number of aryl methyl sites for hydroxylation is 1. The summed E-state index contributed by atoms with van der Waals surface area (Å²) in [6.45, 7) is 10.3. The molecule has 0 bridgehead atoms. The molecule has 1 rings (SSSR count). The zero-order chi connectivity index (χ0) is 8.85. The van der Waals surface area contributed by atoms with Crippen LogP contribution in [0.4, 0.5) is 0 Å². The van der Waals surface area contributed by atoms with Crippen molar-refractivity contribution in [2.75, 3.05) is 0 Å². The fraction of sp³-hybridized carbons (Fsp3) is 0.600. The van der Waals surface area contributed by atoms with Gasteiger partial charge in [0, 0.05) is 5.92 Å².